The molecule has 194 valence electrons. The Bertz CT molecular complexity index is 799. The lowest BCUT2D eigenvalue weighted by atomic mass is 9.43. The summed E-state index contributed by atoms with van der Waals surface area (Å²) in [6.45, 7) is 8.44. The van der Waals surface area contributed by atoms with E-state index in [0.29, 0.717) is 67.0 Å². The van der Waals surface area contributed by atoms with E-state index in [0.717, 1.165) is 32.1 Å². The lowest BCUT2D eigenvalue weighted by Gasteiger charge is -2.62. The third kappa shape index (κ3) is 3.58. The minimum Gasteiger partial charge on any atom is -0.393 e. The molecule has 5 fully saturated rings. The normalized spacial score (nSPS) is 51.6. The summed E-state index contributed by atoms with van der Waals surface area (Å²) in [6.07, 6.45) is 7.01. The molecule has 5 saturated carbocycles. The average molecular weight is 477 g/mol. The van der Waals surface area contributed by atoms with Crippen LogP contribution in [0.3, 0.4) is 0 Å². The fraction of sp³-hybridized carbons (Fsp3) is 0.966. The molecule has 0 heterocycles. The highest BCUT2D eigenvalue weighted by atomic mass is 16.4. The Hall–Kier alpha value is -0.490. The van der Waals surface area contributed by atoms with Crippen LogP contribution in [0.5, 0.6) is 0 Å². The molecule has 5 aliphatic carbocycles. The quantitative estimate of drug-likeness (QED) is 0.465. The Balaban J connectivity index is 1.39. The predicted octanol–water partition coefficient (Wildman–Crippen LogP) is 3.95. The second-order valence-electron chi connectivity index (χ2n) is 13.9. The van der Waals surface area contributed by atoms with Gasteiger partial charge < -0.3 is 20.4 Å². The van der Waals surface area contributed by atoms with E-state index in [1.165, 1.54) is 6.42 Å². The maximum atomic E-state index is 12.2. The highest BCUT2D eigenvalue weighted by molar-refractivity contribution is 5.79. The van der Waals surface area contributed by atoms with Crippen molar-refractivity contribution in [3.8, 4) is 0 Å². The van der Waals surface area contributed by atoms with Crippen molar-refractivity contribution in [3.05, 3.63) is 0 Å². The number of hydrogen-bond donors (Lipinski definition) is 4. The van der Waals surface area contributed by atoms with Crippen LogP contribution < -0.4 is 0 Å². The number of aliphatic hydroxyl groups is 4. The molecule has 5 nitrogen and oxygen atoms in total. The van der Waals surface area contributed by atoms with Gasteiger partial charge in [0.05, 0.1) is 18.8 Å². The molecule has 0 radical (unpaired) electrons. The Morgan fingerprint density at radius 1 is 1.12 bits per heavy atom. The molecule has 5 heteroatoms. The average Bonchev–Trinajstić information content (AvgIpc) is 3.42. The van der Waals surface area contributed by atoms with Gasteiger partial charge in [0.1, 0.15) is 11.4 Å². The number of fused-ring (bicyclic) bond motifs is 5. The van der Waals surface area contributed by atoms with Crippen molar-refractivity contribution in [1.29, 1.82) is 0 Å². The first kappa shape index (κ1) is 25.2. The highest BCUT2D eigenvalue weighted by Gasteiger charge is 2.67. The van der Waals surface area contributed by atoms with Crippen LogP contribution in [0.15, 0.2) is 0 Å². The summed E-state index contributed by atoms with van der Waals surface area (Å²) in [4.78, 5) is 12.2. The molecule has 0 unspecified atom stereocenters. The van der Waals surface area contributed by atoms with Gasteiger partial charge in [0.15, 0.2) is 0 Å². The van der Waals surface area contributed by atoms with Crippen LogP contribution in [0, 0.1) is 58.2 Å². The van der Waals surface area contributed by atoms with E-state index in [1.54, 1.807) is 0 Å². The first-order valence-electron chi connectivity index (χ1n) is 14.2. The van der Waals surface area contributed by atoms with Gasteiger partial charge in [-0.2, -0.15) is 0 Å². The fourth-order valence-corrected chi connectivity index (χ4v) is 10.1. The van der Waals surface area contributed by atoms with Crippen LogP contribution in [0.4, 0.5) is 0 Å². The zero-order valence-electron chi connectivity index (χ0n) is 21.7. The molecule has 5 aliphatic rings. The van der Waals surface area contributed by atoms with Gasteiger partial charge in [-0.25, -0.2) is 0 Å². The summed E-state index contributed by atoms with van der Waals surface area (Å²) in [5.74, 6) is 3.30. The second-order valence-corrected chi connectivity index (χ2v) is 13.9. The minimum atomic E-state index is -1.58. The van der Waals surface area contributed by atoms with Gasteiger partial charge in [-0.3, -0.25) is 4.79 Å². The third-order valence-corrected chi connectivity index (χ3v) is 12.5. The molecule has 0 aromatic heterocycles. The fourth-order valence-electron chi connectivity index (χ4n) is 10.1. The van der Waals surface area contributed by atoms with Crippen molar-refractivity contribution in [3.63, 3.8) is 0 Å². The van der Waals surface area contributed by atoms with E-state index in [2.05, 4.69) is 27.7 Å². The monoisotopic (exact) mass is 476 g/mol. The predicted molar refractivity (Wildman–Crippen MR) is 131 cm³/mol. The zero-order valence-corrected chi connectivity index (χ0v) is 21.7. The summed E-state index contributed by atoms with van der Waals surface area (Å²) in [7, 11) is 0. The van der Waals surface area contributed by atoms with E-state index in [4.69, 9.17) is 0 Å². The van der Waals surface area contributed by atoms with Gasteiger partial charge >= 0.3 is 0 Å². The van der Waals surface area contributed by atoms with Crippen molar-refractivity contribution in [2.45, 2.75) is 110 Å². The van der Waals surface area contributed by atoms with Crippen LogP contribution in [0.25, 0.3) is 0 Å². The molecule has 34 heavy (non-hydrogen) atoms. The van der Waals surface area contributed by atoms with Gasteiger partial charge in [0.2, 0.25) is 0 Å². The molecule has 0 saturated heterocycles. The lowest BCUT2D eigenvalue weighted by molar-refractivity contribution is -0.216. The molecule has 0 amide bonds. The van der Waals surface area contributed by atoms with Crippen molar-refractivity contribution in [1.82, 2.24) is 0 Å². The summed E-state index contributed by atoms with van der Waals surface area (Å²) in [5.41, 5.74) is -1.98. The standard InChI is InChI=1S/C29H48O5/c1-16-11-21(16)17(2)12-26(33)29(34,15-30)24-8-7-22-20-6-5-18-13-19(31)9-10-27(18,3)23(20)14-25(32)28(22,24)4/h16-18,20-26,30,32-34H,5-15H2,1-4H3/t16-,17-,18+,20+,21-,22+,23+,24+,25-,26-,27+,28+,29+/m1/s1. The smallest absolute Gasteiger partial charge is 0.133 e. The molecule has 4 N–H and O–H groups in total. The van der Waals surface area contributed by atoms with Crippen molar-refractivity contribution < 1.29 is 25.2 Å². The Morgan fingerprint density at radius 3 is 2.47 bits per heavy atom. The molecular weight excluding hydrogens is 428 g/mol. The minimum absolute atomic E-state index is 0.112. The van der Waals surface area contributed by atoms with E-state index < -0.39 is 29.8 Å². The zero-order chi connectivity index (χ0) is 24.6. The number of carbonyl (C=O) groups excluding carboxylic acids is 1. The molecular formula is C29H48O5. The SMILES string of the molecule is C[C@@H]1C[C@H]1[C@H](C)C[C@@H](O)[C@](O)(CO)[C@H]1CC[C@H]2[C@@H]3CC[C@H]4CC(=O)CC[C@]4(C)[C@H]3C[C@@H](O)[C@]12C. The lowest BCUT2D eigenvalue weighted by Crippen LogP contribution is -2.63. The van der Waals surface area contributed by atoms with Crippen LogP contribution in [0.2, 0.25) is 0 Å². The Kier molecular flexibility index (Phi) is 6.32. The maximum Gasteiger partial charge on any atom is 0.133 e. The summed E-state index contributed by atoms with van der Waals surface area (Å²) in [5, 5.41) is 45.3. The van der Waals surface area contributed by atoms with Crippen LogP contribution in [-0.2, 0) is 4.79 Å². The van der Waals surface area contributed by atoms with Gasteiger partial charge in [0.25, 0.3) is 0 Å². The maximum absolute atomic E-state index is 12.2. The molecule has 0 aromatic carbocycles. The van der Waals surface area contributed by atoms with E-state index in [-0.39, 0.29) is 17.3 Å². The van der Waals surface area contributed by atoms with Gasteiger partial charge in [-0.1, -0.05) is 27.7 Å². The van der Waals surface area contributed by atoms with E-state index in [1.807, 2.05) is 0 Å². The van der Waals surface area contributed by atoms with Crippen molar-refractivity contribution in [2.24, 2.45) is 58.2 Å². The van der Waals surface area contributed by atoms with E-state index in [9.17, 15) is 25.2 Å². The number of rotatable bonds is 6. The van der Waals surface area contributed by atoms with Crippen molar-refractivity contribution >= 4 is 5.78 Å². The van der Waals surface area contributed by atoms with Gasteiger partial charge in [-0.15, -0.1) is 0 Å². The van der Waals surface area contributed by atoms with E-state index >= 15 is 0 Å². The Labute approximate surface area is 205 Å². The second kappa shape index (κ2) is 8.53. The topological polar surface area (TPSA) is 98.0 Å². The Morgan fingerprint density at radius 2 is 1.82 bits per heavy atom. The largest absolute Gasteiger partial charge is 0.393 e. The number of carbonyl (C=O) groups is 1. The van der Waals surface area contributed by atoms with Gasteiger partial charge in [0, 0.05) is 24.2 Å². The molecule has 5 rings (SSSR count). The summed E-state index contributed by atoms with van der Waals surface area (Å²) in [6, 6.07) is 0. The molecule has 0 aromatic rings. The summed E-state index contributed by atoms with van der Waals surface area (Å²) < 4.78 is 0. The number of Topliss-reactive ketones (excluding diaryl/α,β-unsaturated/α-hetero) is 1. The van der Waals surface area contributed by atoms with Crippen molar-refractivity contribution in [2.75, 3.05) is 6.61 Å². The first-order valence-corrected chi connectivity index (χ1v) is 14.2. The van der Waals surface area contributed by atoms with Gasteiger partial charge in [-0.05, 0) is 98.2 Å². The highest BCUT2D eigenvalue weighted by Crippen LogP contribution is 2.68. The van der Waals surface area contributed by atoms with Crippen LogP contribution in [-0.4, -0.2) is 50.6 Å². The number of hydrogen-bond acceptors (Lipinski definition) is 5. The molecule has 0 bridgehead atoms. The number of aliphatic hydroxyl groups excluding tert-OH is 3. The van der Waals surface area contributed by atoms with Crippen LogP contribution >= 0.6 is 0 Å². The molecule has 0 spiro atoms. The summed E-state index contributed by atoms with van der Waals surface area (Å²) >= 11 is 0. The molecule has 0 aliphatic heterocycles. The van der Waals surface area contributed by atoms with Crippen LogP contribution in [0.1, 0.15) is 91.9 Å². The molecule has 13 atom stereocenters. The third-order valence-electron chi connectivity index (χ3n) is 12.5. The number of ketones is 1. The first-order chi connectivity index (χ1) is 16.0.